The first-order valence-electron chi connectivity index (χ1n) is 9.55. The molecular weight excluding hydrogens is 400 g/mol. The van der Waals surface area contributed by atoms with Gasteiger partial charge in [0.1, 0.15) is 4.88 Å². The predicted octanol–water partition coefficient (Wildman–Crippen LogP) is 3.80. The Morgan fingerprint density at radius 2 is 1.73 bits per heavy atom. The summed E-state index contributed by atoms with van der Waals surface area (Å²) in [7, 11) is 0. The number of amides is 2. The average molecular weight is 420 g/mol. The third kappa shape index (κ3) is 3.97. The second-order valence-corrected chi connectivity index (χ2v) is 8.15. The molecule has 6 nitrogen and oxygen atoms in total. The SMILES string of the molecule is C[C@@H](OC(=O)c1cc2c(s1)-c1ccccc1CC2)C(=O)Nc1ccc(C(N)=O)cc1. The second-order valence-electron chi connectivity index (χ2n) is 7.10. The molecule has 0 radical (unpaired) electrons. The van der Waals surface area contributed by atoms with Gasteiger partial charge in [0.2, 0.25) is 5.91 Å². The van der Waals surface area contributed by atoms with Crippen LogP contribution in [0.5, 0.6) is 0 Å². The summed E-state index contributed by atoms with van der Waals surface area (Å²) in [5, 5.41) is 2.66. The lowest BCUT2D eigenvalue weighted by atomic mass is 9.91. The molecule has 0 spiro atoms. The number of thiophene rings is 1. The molecule has 1 aromatic heterocycles. The lowest BCUT2D eigenvalue weighted by Crippen LogP contribution is -2.29. The van der Waals surface area contributed by atoms with E-state index in [1.54, 1.807) is 12.1 Å². The minimum absolute atomic E-state index is 0.343. The smallest absolute Gasteiger partial charge is 0.349 e. The fraction of sp³-hybridized carbons (Fsp3) is 0.174. The van der Waals surface area contributed by atoms with Crippen LogP contribution in [0.1, 0.15) is 38.1 Å². The summed E-state index contributed by atoms with van der Waals surface area (Å²) >= 11 is 1.40. The number of carbonyl (C=O) groups is 3. The van der Waals surface area contributed by atoms with Crippen LogP contribution in [0.3, 0.4) is 0 Å². The van der Waals surface area contributed by atoms with Gasteiger partial charge in [0.25, 0.3) is 5.91 Å². The van der Waals surface area contributed by atoms with Crippen LogP contribution in [-0.2, 0) is 22.4 Å². The molecule has 1 atom stereocenters. The number of ether oxygens (including phenoxy) is 1. The standard InChI is InChI=1S/C23H20N2O4S/c1-13(22(27)25-17-10-8-15(9-11-17)21(24)26)29-23(28)19-12-16-7-6-14-4-2-3-5-18(14)20(16)30-19/h2-5,8-13H,6-7H2,1H3,(H2,24,26)(H,25,27)/t13-/m1/s1. The van der Waals surface area contributed by atoms with Gasteiger partial charge < -0.3 is 15.8 Å². The first-order valence-corrected chi connectivity index (χ1v) is 10.4. The van der Waals surface area contributed by atoms with Crippen molar-refractivity contribution >= 4 is 34.8 Å². The average Bonchev–Trinajstić information content (AvgIpc) is 3.19. The van der Waals surface area contributed by atoms with Crippen molar-refractivity contribution in [2.45, 2.75) is 25.9 Å². The number of esters is 1. The first-order chi connectivity index (χ1) is 14.4. The van der Waals surface area contributed by atoms with Gasteiger partial charge in [-0.1, -0.05) is 24.3 Å². The van der Waals surface area contributed by atoms with Gasteiger partial charge in [0.15, 0.2) is 6.10 Å². The van der Waals surface area contributed by atoms with Crippen LogP contribution in [0, 0.1) is 0 Å². The van der Waals surface area contributed by atoms with Crippen molar-refractivity contribution < 1.29 is 19.1 Å². The number of fused-ring (bicyclic) bond motifs is 3. The molecule has 3 N–H and O–H groups in total. The molecule has 1 heterocycles. The Morgan fingerprint density at radius 1 is 1.03 bits per heavy atom. The van der Waals surface area contributed by atoms with E-state index in [0.717, 1.165) is 28.8 Å². The summed E-state index contributed by atoms with van der Waals surface area (Å²) in [6, 6.07) is 16.2. The Morgan fingerprint density at radius 3 is 2.47 bits per heavy atom. The number of nitrogens with two attached hydrogens (primary N) is 1. The van der Waals surface area contributed by atoms with Gasteiger partial charge in [-0.05, 0) is 66.8 Å². The highest BCUT2D eigenvalue weighted by atomic mass is 32.1. The maximum absolute atomic E-state index is 12.6. The zero-order valence-electron chi connectivity index (χ0n) is 16.3. The topological polar surface area (TPSA) is 98.5 Å². The lowest BCUT2D eigenvalue weighted by Gasteiger charge is -2.15. The highest BCUT2D eigenvalue weighted by Crippen LogP contribution is 2.39. The molecule has 1 aliphatic carbocycles. The lowest BCUT2D eigenvalue weighted by molar-refractivity contribution is -0.123. The van der Waals surface area contributed by atoms with Gasteiger partial charge in [-0.25, -0.2) is 4.79 Å². The summed E-state index contributed by atoms with van der Waals surface area (Å²) in [5.74, 6) is -1.52. The van der Waals surface area contributed by atoms with Crippen molar-refractivity contribution in [3.8, 4) is 10.4 Å². The fourth-order valence-corrected chi connectivity index (χ4v) is 4.56. The Labute approximate surface area is 177 Å². The van der Waals surface area contributed by atoms with Crippen LogP contribution in [0.15, 0.2) is 54.6 Å². The molecule has 3 aromatic rings. The maximum Gasteiger partial charge on any atom is 0.349 e. The fourth-order valence-electron chi connectivity index (χ4n) is 3.41. The molecule has 0 unspecified atom stereocenters. The first kappa shape index (κ1) is 19.8. The number of benzene rings is 2. The van der Waals surface area contributed by atoms with Crippen LogP contribution in [0.25, 0.3) is 10.4 Å². The van der Waals surface area contributed by atoms with E-state index in [-0.39, 0.29) is 0 Å². The maximum atomic E-state index is 12.6. The molecule has 0 bridgehead atoms. The molecule has 2 aromatic carbocycles. The van der Waals surface area contributed by atoms with E-state index in [9.17, 15) is 14.4 Å². The van der Waals surface area contributed by atoms with E-state index < -0.39 is 23.9 Å². The van der Waals surface area contributed by atoms with E-state index in [2.05, 4.69) is 17.4 Å². The molecular formula is C23H20N2O4S. The number of carbonyl (C=O) groups excluding carboxylic acids is 3. The van der Waals surface area contributed by atoms with E-state index in [1.165, 1.54) is 36.0 Å². The number of anilines is 1. The minimum Gasteiger partial charge on any atom is -0.448 e. The minimum atomic E-state index is -0.972. The molecule has 2 amide bonds. The molecule has 1 aliphatic rings. The van der Waals surface area contributed by atoms with Crippen molar-refractivity contribution in [2.75, 3.05) is 5.32 Å². The van der Waals surface area contributed by atoms with Crippen molar-refractivity contribution in [2.24, 2.45) is 5.73 Å². The van der Waals surface area contributed by atoms with Crippen molar-refractivity contribution in [1.82, 2.24) is 0 Å². The summed E-state index contributed by atoms with van der Waals surface area (Å²) < 4.78 is 5.38. The molecule has 0 fully saturated rings. The normalized spacial score (nSPS) is 13.0. The van der Waals surface area contributed by atoms with Crippen molar-refractivity contribution in [3.63, 3.8) is 0 Å². The van der Waals surface area contributed by atoms with E-state index in [1.807, 2.05) is 18.2 Å². The molecule has 4 rings (SSSR count). The number of nitrogens with one attached hydrogen (secondary N) is 1. The van der Waals surface area contributed by atoms with Crippen molar-refractivity contribution in [1.29, 1.82) is 0 Å². The number of primary amides is 1. The van der Waals surface area contributed by atoms with Gasteiger partial charge in [0.05, 0.1) is 0 Å². The Kier molecular flexibility index (Phi) is 5.37. The molecule has 0 aliphatic heterocycles. The summed E-state index contributed by atoms with van der Waals surface area (Å²) in [6.45, 7) is 1.52. The zero-order chi connectivity index (χ0) is 21.3. The van der Waals surface area contributed by atoms with E-state index >= 15 is 0 Å². The quantitative estimate of drug-likeness (QED) is 0.614. The number of hydrogen-bond acceptors (Lipinski definition) is 5. The van der Waals surface area contributed by atoms with Gasteiger partial charge in [0, 0.05) is 16.1 Å². The predicted molar refractivity (Wildman–Crippen MR) is 116 cm³/mol. The summed E-state index contributed by atoms with van der Waals surface area (Å²) in [4.78, 5) is 37.7. The van der Waals surface area contributed by atoms with E-state index in [4.69, 9.17) is 10.5 Å². The zero-order valence-corrected chi connectivity index (χ0v) is 17.1. The molecule has 152 valence electrons. The highest BCUT2D eigenvalue weighted by Gasteiger charge is 2.24. The van der Waals surface area contributed by atoms with Gasteiger partial charge in [-0.15, -0.1) is 11.3 Å². The third-order valence-corrected chi connectivity index (χ3v) is 6.22. The van der Waals surface area contributed by atoms with Crippen LogP contribution in [-0.4, -0.2) is 23.9 Å². The van der Waals surface area contributed by atoms with Gasteiger partial charge >= 0.3 is 5.97 Å². The Balaban J connectivity index is 1.42. The number of rotatable bonds is 5. The number of hydrogen-bond donors (Lipinski definition) is 2. The monoisotopic (exact) mass is 420 g/mol. The molecule has 0 saturated heterocycles. The van der Waals surface area contributed by atoms with Gasteiger partial charge in [-0.3, -0.25) is 9.59 Å². The van der Waals surface area contributed by atoms with Crippen LogP contribution < -0.4 is 11.1 Å². The molecule has 0 saturated carbocycles. The highest BCUT2D eigenvalue weighted by molar-refractivity contribution is 7.17. The summed E-state index contributed by atoms with van der Waals surface area (Å²) in [6.07, 6.45) is 0.856. The van der Waals surface area contributed by atoms with Crippen LogP contribution in [0.2, 0.25) is 0 Å². The molecule has 7 heteroatoms. The third-order valence-electron chi connectivity index (χ3n) is 5.03. The van der Waals surface area contributed by atoms with E-state index in [0.29, 0.717) is 16.1 Å². The number of aryl methyl sites for hydroxylation is 2. The Bertz CT molecular complexity index is 1130. The van der Waals surface area contributed by atoms with Crippen LogP contribution in [0.4, 0.5) is 5.69 Å². The summed E-state index contributed by atoms with van der Waals surface area (Å²) in [5.41, 5.74) is 9.61. The second kappa shape index (κ2) is 8.12. The van der Waals surface area contributed by atoms with Crippen molar-refractivity contribution in [3.05, 3.63) is 76.2 Å². The Hall–Kier alpha value is -3.45. The van der Waals surface area contributed by atoms with Crippen LogP contribution >= 0.6 is 11.3 Å². The largest absolute Gasteiger partial charge is 0.448 e. The van der Waals surface area contributed by atoms with Gasteiger partial charge in [-0.2, -0.15) is 0 Å². The molecule has 30 heavy (non-hydrogen) atoms.